The number of aliphatic hydroxyl groups is 1. The summed E-state index contributed by atoms with van der Waals surface area (Å²) in [5.74, 6) is -1.64. The van der Waals surface area contributed by atoms with Gasteiger partial charge in [0.05, 0.1) is 6.10 Å². The van der Waals surface area contributed by atoms with Crippen LogP contribution >= 0.6 is 0 Å². The van der Waals surface area contributed by atoms with Gasteiger partial charge in [-0.25, -0.2) is 4.79 Å². The van der Waals surface area contributed by atoms with Crippen molar-refractivity contribution < 1.29 is 19.8 Å². The lowest BCUT2D eigenvalue weighted by molar-refractivity contribution is -0.146. The standard InChI is InChI=1S/C9H17NO4/c1-5(11)6(7(12)13)10-8(14)9(2,3)4/h5-6,11H,1-4H3,(H,10,14)(H,12,13)/t5-,6+/m1/s1. The van der Waals surface area contributed by atoms with Crippen LogP contribution in [0.15, 0.2) is 0 Å². The van der Waals surface area contributed by atoms with Gasteiger partial charge in [0, 0.05) is 5.41 Å². The van der Waals surface area contributed by atoms with Crippen LogP contribution in [0.25, 0.3) is 0 Å². The first-order chi connectivity index (χ1) is 6.16. The fourth-order valence-electron chi connectivity index (χ4n) is 0.746. The molecule has 82 valence electrons. The van der Waals surface area contributed by atoms with Crippen molar-refractivity contribution >= 4 is 11.9 Å². The molecule has 5 heteroatoms. The Morgan fingerprint density at radius 1 is 1.29 bits per heavy atom. The predicted octanol–water partition coefficient (Wildman–Crippen LogP) is -0.0173. The van der Waals surface area contributed by atoms with Gasteiger partial charge in [-0.1, -0.05) is 20.8 Å². The molecule has 0 fully saturated rings. The largest absolute Gasteiger partial charge is 0.480 e. The third kappa shape index (κ3) is 3.74. The molecule has 0 aromatic carbocycles. The third-order valence-electron chi connectivity index (χ3n) is 1.72. The highest BCUT2D eigenvalue weighted by atomic mass is 16.4. The van der Waals surface area contributed by atoms with Gasteiger partial charge in [0.15, 0.2) is 6.04 Å². The average molecular weight is 203 g/mol. The number of aliphatic carboxylic acids is 1. The van der Waals surface area contributed by atoms with Gasteiger partial charge in [0.25, 0.3) is 0 Å². The van der Waals surface area contributed by atoms with E-state index < -0.39 is 29.4 Å². The fraction of sp³-hybridized carbons (Fsp3) is 0.778. The lowest BCUT2D eigenvalue weighted by atomic mass is 9.95. The zero-order chi connectivity index (χ0) is 11.5. The zero-order valence-corrected chi connectivity index (χ0v) is 8.87. The number of carboxylic acid groups (broad SMARTS) is 1. The topological polar surface area (TPSA) is 86.6 Å². The van der Waals surface area contributed by atoms with Crippen LogP contribution in [0.5, 0.6) is 0 Å². The Balaban J connectivity index is 4.48. The molecule has 0 spiro atoms. The summed E-state index contributed by atoms with van der Waals surface area (Å²) in [5, 5.41) is 20.1. The smallest absolute Gasteiger partial charge is 0.328 e. The van der Waals surface area contributed by atoms with Crippen LogP contribution in [0.1, 0.15) is 27.7 Å². The monoisotopic (exact) mass is 203 g/mol. The molecule has 14 heavy (non-hydrogen) atoms. The second kappa shape index (κ2) is 4.41. The molecule has 0 aromatic rings. The molecule has 5 nitrogen and oxygen atoms in total. The van der Waals surface area contributed by atoms with Crippen molar-refractivity contribution in [2.45, 2.75) is 39.8 Å². The summed E-state index contributed by atoms with van der Waals surface area (Å²) in [7, 11) is 0. The molecule has 0 radical (unpaired) electrons. The molecule has 0 aromatic heterocycles. The number of amides is 1. The summed E-state index contributed by atoms with van der Waals surface area (Å²) < 4.78 is 0. The Kier molecular flexibility index (Phi) is 4.07. The van der Waals surface area contributed by atoms with Crippen molar-refractivity contribution in [3.63, 3.8) is 0 Å². The first kappa shape index (κ1) is 12.9. The highest BCUT2D eigenvalue weighted by molar-refractivity contribution is 5.86. The molecule has 0 aliphatic rings. The van der Waals surface area contributed by atoms with Gasteiger partial charge in [-0.15, -0.1) is 0 Å². The summed E-state index contributed by atoms with van der Waals surface area (Å²) in [4.78, 5) is 22.0. The molecule has 0 bridgehead atoms. The van der Waals surface area contributed by atoms with Crippen molar-refractivity contribution in [3.8, 4) is 0 Å². The fourth-order valence-corrected chi connectivity index (χ4v) is 0.746. The molecular weight excluding hydrogens is 186 g/mol. The van der Waals surface area contributed by atoms with Crippen LogP contribution in [0.2, 0.25) is 0 Å². The minimum atomic E-state index is -1.25. The van der Waals surface area contributed by atoms with E-state index in [9.17, 15) is 9.59 Å². The van der Waals surface area contributed by atoms with Crippen molar-refractivity contribution in [1.82, 2.24) is 5.32 Å². The Hall–Kier alpha value is -1.10. The van der Waals surface area contributed by atoms with Crippen LogP contribution in [0.4, 0.5) is 0 Å². The highest BCUT2D eigenvalue weighted by Gasteiger charge is 2.29. The number of nitrogens with one attached hydrogen (secondary N) is 1. The highest BCUT2D eigenvalue weighted by Crippen LogP contribution is 2.13. The van der Waals surface area contributed by atoms with Crippen LogP contribution in [-0.2, 0) is 9.59 Å². The maximum atomic E-state index is 11.4. The Labute approximate surface area is 83.1 Å². The number of aliphatic hydroxyl groups excluding tert-OH is 1. The van der Waals surface area contributed by atoms with Crippen molar-refractivity contribution in [2.24, 2.45) is 5.41 Å². The van der Waals surface area contributed by atoms with Gasteiger partial charge in [-0.05, 0) is 6.92 Å². The normalized spacial score (nSPS) is 15.8. The lowest BCUT2D eigenvalue weighted by Gasteiger charge is -2.23. The van der Waals surface area contributed by atoms with Crippen LogP contribution < -0.4 is 5.32 Å². The molecule has 0 aliphatic heterocycles. The van der Waals surface area contributed by atoms with E-state index in [0.29, 0.717) is 0 Å². The summed E-state index contributed by atoms with van der Waals surface area (Å²) >= 11 is 0. The predicted molar refractivity (Wildman–Crippen MR) is 50.7 cm³/mol. The molecule has 0 saturated carbocycles. The first-order valence-electron chi connectivity index (χ1n) is 4.38. The molecular formula is C9H17NO4. The minimum absolute atomic E-state index is 0.397. The zero-order valence-electron chi connectivity index (χ0n) is 8.87. The molecule has 0 aliphatic carbocycles. The Bertz CT molecular complexity index is 229. The van der Waals surface area contributed by atoms with E-state index in [0.717, 1.165) is 0 Å². The van der Waals surface area contributed by atoms with Crippen LogP contribution in [-0.4, -0.2) is 34.2 Å². The van der Waals surface area contributed by atoms with Gasteiger partial charge >= 0.3 is 5.97 Å². The molecule has 1 amide bonds. The summed E-state index contributed by atoms with van der Waals surface area (Å²) in [5.41, 5.74) is -0.664. The van der Waals surface area contributed by atoms with Gasteiger partial charge in [0.2, 0.25) is 5.91 Å². The number of hydrogen-bond donors (Lipinski definition) is 3. The first-order valence-corrected chi connectivity index (χ1v) is 4.38. The van der Waals surface area contributed by atoms with E-state index in [-0.39, 0.29) is 0 Å². The molecule has 2 atom stereocenters. The summed E-state index contributed by atoms with van der Waals surface area (Å²) in [6.45, 7) is 6.33. The maximum Gasteiger partial charge on any atom is 0.328 e. The van der Waals surface area contributed by atoms with Gasteiger partial charge in [-0.2, -0.15) is 0 Å². The minimum Gasteiger partial charge on any atom is -0.480 e. The Morgan fingerprint density at radius 3 is 1.93 bits per heavy atom. The van der Waals surface area contributed by atoms with Gasteiger partial charge < -0.3 is 15.5 Å². The number of hydrogen-bond acceptors (Lipinski definition) is 3. The van der Waals surface area contributed by atoms with Crippen molar-refractivity contribution in [2.75, 3.05) is 0 Å². The molecule has 0 rings (SSSR count). The van der Waals surface area contributed by atoms with E-state index in [1.165, 1.54) is 6.92 Å². The maximum absolute atomic E-state index is 11.4. The Morgan fingerprint density at radius 2 is 1.71 bits per heavy atom. The average Bonchev–Trinajstić information content (AvgIpc) is 1.96. The quantitative estimate of drug-likeness (QED) is 0.601. The third-order valence-corrected chi connectivity index (χ3v) is 1.72. The SMILES string of the molecule is C[C@@H](O)[C@H](NC(=O)C(C)(C)C)C(=O)O. The van der Waals surface area contributed by atoms with Gasteiger partial charge in [-0.3, -0.25) is 4.79 Å². The number of carbonyl (C=O) groups is 2. The number of carboxylic acids is 1. The van der Waals surface area contributed by atoms with E-state index in [1.807, 2.05) is 0 Å². The van der Waals surface area contributed by atoms with E-state index in [2.05, 4.69) is 5.32 Å². The van der Waals surface area contributed by atoms with Crippen molar-refractivity contribution in [1.29, 1.82) is 0 Å². The summed E-state index contributed by atoms with van der Waals surface area (Å²) in [6.07, 6.45) is -1.11. The van der Waals surface area contributed by atoms with E-state index >= 15 is 0 Å². The van der Waals surface area contributed by atoms with Crippen LogP contribution in [0.3, 0.4) is 0 Å². The number of carbonyl (C=O) groups excluding carboxylic acids is 1. The molecule has 3 N–H and O–H groups in total. The second-order valence-electron chi connectivity index (χ2n) is 4.28. The second-order valence-corrected chi connectivity index (χ2v) is 4.28. The molecule has 0 saturated heterocycles. The van der Waals surface area contributed by atoms with E-state index in [1.54, 1.807) is 20.8 Å². The molecule has 0 heterocycles. The van der Waals surface area contributed by atoms with E-state index in [4.69, 9.17) is 10.2 Å². The summed E-state index contributed by atoms with van der Waals surface area (Å²) in [6, 6.07) is -1.25. The lowest BCUT2D eigenvalue weighted by Crippen LogP contribution is -2.50. The number of rotatable bonds is 3. The van der Waals surface area contributed by atoms with Crippen molar-refractivity contribution in [3.05, 3.63) is 0 Å². The van der Waals surface area contributed by atoms with Crippen LogP contribution in [0, 0.1) is 5.41 Å². The molecule has 0 unspecified atom stereocenters. The van der Waals surface area contributed by atoms with Gasteiger partial charge in [0.1, 0.15) is 0 Å².